The number of Topliss-reactive ketones (excluding diaryl/α,β-unsaturated/α-hetero) is 1. The summed E-state index contributed by atoms with van der Waals surface area (Å²) in [6.45, 7) is 5.75. The maximum atomic E-state index is 11.7. The second kappa shape index (κ2) is 4.27. The van der Waals surface area contributed by atoms with Gasteiger partial charge in [-0.3, -0.25) is 4.79 Å². The van der Waals surface area contributed by atoms with Crippen LogP contribution >= 0.6 is 0 Å². The first-order valence-electron chi connectivity index (χ1n) is 4.75. The molecule has 0 amide bonds. The number of ketones is 1. The summed E-state index contributed by atoms with van der Waals surface area (Å²) < 4.78 is 5.08. The van der Waals surface area contributed by atoms with Crippen LogP contribution in [0.2, 0.25) is 0 Å². The van der Waals surface area contributed by atoms with Crippen molar-refractivity contribution in [3.05, 3.63) is 29.3 Å². The normalized spacial score (nSPS) is 10.4. The Labute approximate surface area is 84.9 Å². The minimum Gasteiger partial charge on any atom is -0.497 e. The third kappa shape index (κ3) is 2.13. The quantitative estimate of drug-likeness (QED) is 0.688. The van der Waals surface area contributed by atoms with Crippen LogP contribution in [0.25, 0.3) is 0 Å². The Hall–Kier alpha value is -1.31. The number of rotatable bonds is 3. The molecule has 0 aromatic heterocycles. The topological polar surface area (TPSA) is 26.3 Å². The van der Waals surface area contributed by atoms with E-state index in [-0.39, 0.29) is 11.7 Å². The number of carbonyl (C=O) groups excluding carboxylic acids is 1. The molecule has 0 aliphatic rings. The van der Waals surface area contributed by atoms with Crippen LogP contribution in [0.5, 0.6) is 5.75 Å². The Bertz CT molecular complexity index is 340. The summed E-state index contributed by atoms with van der Waals surface area (Å²) in [6, 6.07) is 5.54. The Balaban J connectivity index is 3.06. The maximum absolute atomic E-state index is 11.7. The lowest BCUT2D eigenvalue weighted by molar-refractivity contribution is 0.0939. The molecule has 2 nitrogen and oxygen atoms in total. The van der Waals surface area contributed by atoms with Gasteiger partial charge < -0.3 is 4.74 Å². The first kappa shape index (κ1) is 10.8. The highest BCUT2D eigenvalue weighted by Gasteiger charge is 2.12. The predicted molar refractivity (Wildman–Crippen MR) is 56.9 cm³/mol. The zero-order chi connectivity index (χ0) is 10.7. The van der Waals surface area contributed by atoms with E-state index in [0.717, 1.165) is 16.9 Å². The van der Waals surface area contributed by atoms with E-state index in [0.29, 0.717) is 0 Å². The molecule has 14 heavy (non-hydrogen) atoms. The van der Waals surface area contributed by atoms with Crippen LogP contribution < -0.4 is 4.74 Å². The molecule has 0 saturated carbocycles. The average Bonchev–Trinajstić information content (AvgIpc) is 2.16. The Morgan fingerprint density at radius 3 is 2.43 bits per heavy atom. The van der Waals surface area contributed by atoms with Crippen LogP contribution in [0.15, 0.2) is 18.2 Å². The smallest absolute Gasteiger partial charge is 0.165 e. The Morgan fingerprint density at radius 2 is 2.00 bits per heavy atom. The van der Waals surface area contributed by atoms with E-state index in [4.69, 9.17) is 4.74 Å². The van der Waals surface area contributed by atoms with Gasteiger partial charge in [-0.15, -0.1) is 0 Å². The average molecular weight is 192 g/mol. The lowest BCUT2D eigenvalue weighted by Gasteiger charge is -2.08. The van der Waals surface area contributed by atoms with Crippen molar-refractivity contribution >= 4 is 5.78 Å². The van der Waals surface area contributed by atoms with Gasteiger partial charge in [0, 0.05) is 11.5 Å². The summed E-state index contributed by atoms with van der Waals surface area (Å²) in [6.07, 6.45) is 0. The molecule has 0 bridgehead atoms. The molecule has 0 radical (unpaired) electrons. The first-order valence-corrected chi connectivity index (χ1v) is 4.75. The Morgan fingerprint density at radius 1 is 1.36 bits per heavy atom. The fourth-order valence-corrected chi connectivity index (χ4v) is 1.35. The van der Waals surface area contributed by atoms with Crippen LogP contribution in [0, 0.1) is 12.8 Å². The van der Waals surface area contributed by atoms with Crippen molar-refractivity contribution in [1.82, 2.24) is 0 Å². The van der Waals surface area contributed by atoms with Crippen LogP contribution in [0.4, 0.5) is 0 Å². The number of carbonyl (C=O) groups is 1. The van der Waals surface area contributed by atoms with Crippen molar-refractivity contribution in [3.63, 3.8) is 0 Å². The minimum absolute atomic E-state index is 0.0436. The van der Waals surface area contributed by atoms with E-state index in [2.05, 4.69) is 0 Å². The van der Waals surface area contributed by atoms with E-state index < -0.39 is 0 Å². The molecule has 1 aromatic rings. The summed E-state index contributed by atoms with van der Waals surface area (Å²) in [4.78, 5) is 11.7. The van der Waals surface area contributed by atoms with Crippen molar-refractivity contribution in [2.45, 2.75) is 20.8 Å². The largest absolute Gasteiger partial charge is 0.497 e. The highest BCUT2D eigenvalue weighted by atomic mass is 16.5. The molecular formula is C12H16O2. The van der Waals surface area contributed by atoms with E-state index in [9.17, 15) is 4.79 Å². The molecule has 76 valence electrons. The number of aryl methyl sites for hydroxylation is 1. The van der Waals surface area contributed by atoms with E-state index in [1.165, 1.54) is 0 Å². The molecule has 0 aliphatic heterocycles. The second-order valence-electron chi connectivity index (χ2n) is 3.70. The summed E-state index contributed by atoms with van der Waals surface area (Å²) in [7, 11) is 1.62. The van der Waals surface area contributed by atoms with Gasteiger partial charge in [-0.05, 0) is 30.7 Å². The zero-order valence-corrected chi connectivity index (χ0v) is 9.13. The number of hydrogen-bond acceptors (Lipinski definition) is 2. The van der Waals surface area contributed by atoms with Gasteiger partial charge in [-0.2, -0.15) is 0 Å². The summed E-state index contributed by atoms with van der Waals surface area (Å²) in [5, 5.41) is 0. The van der Waals surface area contributed by atoms with Crippen molar-refractivity contribution < 1.29 is 9.53 Å². The first-order chi connectivity index (χ1) is 6.56. The molecular weight excluding hydrogens is 176 g/mol. The molecule has 2 heteroatoms. The van der Waals surface area contributed by atoms with Gasteiger partial charge >= 0.3 is 0 Å². The minimum atomic E-state index is 0.0436. The summed E-state index contributed by atoms with van der Waals surface area (Å²) in [5.74, 6) is 1.02. The van der Waals surface area contributed by atoms with Gasteiger partial charge in [0.05, 0.1) is 7.11 Å². The zero-order valence-electron chi connectivity index (χ0n) is 9.13. The molecule has 1 rings (SSSR count). The monoisotopic (exact) mass is 192 g/mol. The number of ether oxygens (including phenoxy) is 1. The van der Waals surface area contributed by atoms with Gasteiger partial charge in [-0.25, -0.2) is 0 Å². The van der Waals surface area contributed by atoms with Crippen molar-refractivity contribution in [3.8, 4) is 5.75 Å². The van der Waals surface area contributed by atoms with E-state index in [1.807, 2.05) is 39.0 Å². The van der Waals surface area contributed by atoms with Gasteiger partial charge in [0.1, 0.15) is 5.75 Å². The molecule has 0 heterocycles. The summed E-state index contributed by atoms with van der Waals surface area (Å²) in [5.41, 5.74) is 1.77. The standard InChI is InChI=1S/C12H16O2/c1-8(2)12(13)11-6-5-10(14-4)7-9(11)3/h5-8H,1-4H3. The number of methoxy groups -OCH3 is 1. The van der Waals surface area contributed by atoms with Crippen LogP contribution in [0.1, 0.15) is 29.8 Å². The van der Waals surface area contributed by atoms with Gasteiger partial charge in [0.25, 0.3) is 0 Å². The molecule has 0 aliphatic carbocycles. The van der Waals surface area contributed by atoms with Crippen LogP contribution in [-0.4, -0.2) is 12.9 Å². The lowest BCUT2D eigenvalue weighted by atomic mass is 9.97. The lowest BCUT2D eigenvalue weighted by Crippen LogP contribution is -2.09. The maximum Gasteiger partial charge on any atom is 0.165 e. The molecule has 1 aromatic carbocycles. The van der Waals surface area contributed by atoms with Crippen molar-refractivity contribution in [2.75, 3.05) is 7.11 Å². The molecule has 0 atom stereocenters. The number of hydrogen-bond donors (Lipinski definition) is 0. The van der Waals surface area contributed by atoms with Crippen molar-refractivity contribution in [2.24, 2.45) is 5.92 Å². The fraction of sp³-hybridized carbons (Fsp3) is 0.417. The van der Waals surface area contributed by atoms with Gasteiger partial charge in [-0.1, -0.05) is 13.8 Å². The predicted octanol–water partition coefficient (Wildman–Crippen LogP) is 2.84. The number of benzene rings is 1. The third-order valence-corrected chi connectivity index (χ3v) is 2.22. The van der Waals surface area contributed by atoms with Gasteiger partial charge in [0.15, 0.2) is 5.78 Å². The van der Waals surface area contributed by atoms with E-state index in [1.54, 1.807) is 7.11 Å². The van der Waals surface area contributed by atoms with Crippen LogP contribution in [0.3, 0.4) is 0 Å². The molecule has 0 unspecified atom stereocenters. The van der Waals surface area contributed by atoms with Gasteiger partial charge in [0.2, 0.25) is 0 Å². The van der Waals surface area contributed by atoms with Crippen molar-refractivity contribution in [1.29, 1.82) is 0 Å². The molecule has 0 spiro atoms. The third-order valence-electron chi connectivity index (χ3n) is 2.22. The highest BCUT2D eigenvalue weighted by molar-refractivity contribution is 5.98. The summed E-state index contributed by atoms with van der Waals surface area (Å²) >= 11 is 0. The highest BCUT2D eigenvalue weighted by Crippen LogP contribution is 2.19. The Kier molecular flexibility index (Phi) is 3.28. The molecule has 0 saturated heterocycles. The second-order valence-corrected chi connectivity index (χ2v) is 3.70. The van der Waals surface area contributed by atoms with Crippen LogP contribution in [-0.2, 0) is 0 Å². The molecule has 0 fully saturated rings. The molecule has 0 N–H and O–H groups in total. The fourth-order valence-electron chi connectivity index (χ4n) is 1.35. The van der Waals surface area contributed by atoms with E-state index >= 15 is 0 Å². The SMILES string of the molecule is COc1ccc(C(=O)C(C)C)c(C)c1.